The summed E-state index contributed by atoms with van der Waals surface area (Å²) in [7, 11) is 0. The largest absolute Gasteiger partial charge is 0.393 e. The zero-order valence-electron chi connectivity index (χ0n) is 17.2. The first kappa shape index (κ1) is 20.1. The molecule has 2 saturated carbocycles. The van der Waals surface area contributed by atoms with E-state index in [1.54, 1.807) is 12.4 Å². The molecule has 4 heteroatoms. The van der Waals surface area contributed by atoms with Crippen molar-refractivity contribution in [1.29, 1.82) is 0 Å². The molecule has 4 rings (SSSR count). The zero-order chi connectivity index (χ0) is 20.1. The molecule has 0 unspecified atom stereocenters. The molecule has 1 amide bonds. The molecule has 4 nitrogen and oxygen atoms in total. The van der Waals surface area contributed by atoms with E-state index in [1.165, 1.54) is 12.0 Å². The summed E-state index contributed by atoms with van der Waals surface area (Å²) < 4.78 is 0. The van der Waals surface area contributed by atoms with Crippen LogP contribution in [0.4, 0.5) is 0 Å². The summed E-state index contributed by atoms with van der Waals surface area (Å²) in [4.78, 5) is 20.3. The first-order chi connectivity index (χ1) is 14.2. The summed E-state index contributed by atoms with van der Waals surface area (Å²) in [6.07, 6.45) is 12.6. The Bertz CT molecular complexity index is 779. The van der Waals surface area contributed by atoms with E-state index in [0.717, 1.165) is 56.9 Å². The van der Waals surface area contributed by atoms with Gasteiger partial charge < -0.3 is 10.0 Å². The maximum absolute atomic E-state index is 13.8. The number of nitrogens with zero attached hydrogens (tertiary/aromatic N) is 2. The lowest BCUT2D eigenvalue weighted by atomic mass is 9.73. The summed E-state index contributed by atoms with van der Waals surface area (Å²) in [5.74, 6) is 0.199. The van der Waals surface area contributed by atoms with Crippen LogP contribution in [0.15, 0.2) is 54.9 Å². The molecule has 0 saturated heterocycles. The third-order valence-electron chi connectivity index (χ3n) is 6.83. The summed E-state index contributed by atoms with van der Waals surface area (Å²) >= 11 is 0. The highest BCUT2D eigenvalue weighted by atomic mass is 16.3. The van der Waals surface area contributed by atoms with Crippen molar-refractivity contribution in [3.63, 3.8) is 0 Å². The SMILES string of the molecule is O=C(Cc1cccnc1)N(C1CCC(O)CC1)C1(c2ccccc2)CCCCC1. The van der Waals surface area contributed by atoms with Gasteiger partial charge in [-0.2, -0.15) is 0 Å². The Morgan fingerprint density at radius 1 is 1.00 bits per heavy atom. The fourth-order valence-corrected chi connectivity index (χ4v) is 5.42. The second-order valence-electron chi connectivity index (χ2n) is 8.72. The molecule has 1 aromatic heterocycles. The molecule has 1 aromatic carbocycles. The lowest BCUT2D eigenvalue weighted by molar-refractivity contribution is -0.145. The molecule has 0 aliphatic heterocycles. The molecular weight excluding hydrogens is 360 g/mol. The van der Waals surface area contributed by atoms with Crippen LogP contribution in [-0.4, -0.2) is 33.0 Å². The number of benzene rings is 1. The molecule has 2 fully saturated rings. The van der Waals surface area contributed by atoms with E-state index < -0.39 is 0 Å². The number of aliphatic hydroxyl groups excluding tert-OH is 1. The number of carbonyl (C=O) groups excluding carboxylic acids is 1. The number of hydrogen-bond acceptors (Lipinski definition) is 3. The van der Waals surface area contributed by atoms with Crippen molar-refractivity contribution in [2.45, 2.75) is 81.9 Å². The van der Waals surface area contributed by atoms with Crippen LogP contribution in [0.25, 0.3) is 0 Å². The normalized spacial score (nSPS) is 24.0. The standard InChI is InChI=1S/C25H32N2O2/c28-23-13-11-22(12-14-23)27(24(29)18-20-8-7-17-26-19-20)25(15-5-2-6-16-25)21-9-3-1-4-10-21/h1,3-4,7-10,17,19,22-23,28H,2,5-6,11-16,18H2. The van der Waals surface area contributed by atoms with Crippen LogP contribution in [0.2, 0.25) is 0 Å². The Balaban J connectivity index is 1.71. The van der Waals surface area contributed by atoms with Crippen LogP contribution < -0.4 is 0 Å². The van der Waals surface area contributed by atoms with Crippen molar-refractivity contribution in [3.05, 3.63) is 66.0 Å². The van der Waals surface area contributed by atoms with Gasteiger partial charge in [0, 0.05) is 18.4 Å². The monoisotopic (exact) mass is 392 g/mol. The first-order valence-corrected chi connectivity index (χ1v) is 11.1. The van der Waals surface area contributed by atoms with Gasteiger partial charge in [0.1, 0.15) is 0 Å². The third kappa shape index (κ3) is 4.37. The van der Waals surface area contributed by atoms with E-state index in [0.29, 0.717) is 6.42 Å². The van der Waals surface area contributed by atoms with Crippen molar-refractivity contribution in [2.24, 2.45) is 0 Å². The Labute approximate surface area is 174 Å². The molecule has 29 heavy (non-hydrogen) atoms. The fraction of sp³-hybridized carbons (Fsp3) is 0.520. The topological polar surface area (TPSA) is 53.4 Å². The molecule has 154 valence electrons. The van der Waals surface area contributed by atoms with Gasteiger partial charge in [-0.25, -0.2) is 0 Å². The van der Waals surface area contributed by atoms with Crippen LogP contribution in [0.1, 0.15) is 68.9 Å². The molecule has 1 heterocycles. The highest BCUT2D eigenvalue weighted by Crippen LogP contribution is 2.45. The Kier molecular flexibility index (Phi) is 6.29. The van der Waals surface area contributed by atoms with Gasteiger partial charge in [0.2, 0.25) is 5.91 Å². The van der Waals surface area contributed by atoms with Gasteiger partial charge in [0.25, 0.3) is 0 Å². The molecule has 1 N–H and O–H groups in total. The minimum absolute atomic E-state index is 0.195. The number of hydrogen-bond donors (Lipinski definition) is 1. The van der Waals surface area contributed by atoms with Crippen molar-refractivity contribution < 1.29 is 9.90 Å². The highest BCUT2D eigenvalue weighted by Gasteiger charge is 2.45. The van der Waals surface area contributed by atoms with Gasteiger partial charge in [-0.15, -0.1) is 0 Å². The molecule has 0 atom stereocenters. The van der Waals surface area contributed by atoms with Gasteiger partial charge >= 0.3 is 0 Å². The molecule has 2 aliphatic carbocycles. The quantitative estimate of drug-likeness (QED) is 0.808. The van der Waals surface area contributed by atoms with E-state index in [1.807, 2.05) is 12.1 Å². The predicted octanol–water partition coefficient (Wildman–Crippen LogP) is 4.62. The van der Waals surface area contributed by atoms with Crippen LogP contribution in [0.5, 0.6) is 0 Å². The molecule has 0 bridgehead atoms. The first-order valence-electron chi connectivity index (χ1n) is 11.1. The number of aliphatic hydroxyl groups is 1. The lowest BCUT2D eigenvalue weighted by Crippen LogP contribution is -2.56. The second-order valence-corrected chi connectivity index (χ2v) is 8.72. The summed E-state index contributed by atoms with van der Waals surface area (Å²) in [5, 5.41) is 10.1. The van der Waals surface area contributed by atoms with Crippen LogP contribution in [0, 0.1) is 0 Å². The maximum Gasteiger partial charge on any atom is 0.228 e. The average Bonchev–Trinajstić information content (AvgIpc) is 2.77. The number of rotatable bonds is 5. The van der Waals surface area contributed by atoms with E-state index in [4.69, 9.17) is 0 Å². The molecular formula is C25H32N2O2. The third-order valence-corrected chi connectivity index (χ3v) is 6.83. The van der Waals surface area contributed by atoms with Gasteiger partial charge in [-0.1, -0.05) is 55.7 Å². The molecule has 0 radical (unpaired) electrons. The predicted molar refractivity (Wildman–Crippen MR) is 114 cm³/mol. The van der Waals surface area contributed by atoms with E-state index in [-0.39, 0.29) is 23.6 Å². The van der Waals surface area contributed by atoms with E-state index in [2.05, 4.69) is 40.2 Å². The zero-order valence-corrected chi connectivity index (χ0v) is 17.2. The van der Waals surface area contributed by atoms with Gasteiger partial charge in [-0.3, -0.25) is 9.78 Å². The smallest absolute Gasteiger partial charge is 0.228 e. The second kappa shape index (κ2) is 9.08. The highest BCUT2D eigenvalue weighted by molar-refractivity contribution is 5.80. The van der Waals surface area contributed by atoms with E-state index in [9.17, 15) is 9.90 Å². The van der Waals surface area contributed by atoms with Gasteiger partial charge in [0.15, 0.2) is 0 Å². The van der Waals surface area contributed by atoms with Crippen molar-refractivity contribution in [2.75, 3.05) is 0 Å². The van der Waals surface area contributed by atoms with Crippen LogP contribution >= 0.6 is 0 Å². The Hall–Kier alpha value is -2.20. The minimum Gasteiger partial charge on any atom is -0.393 e. The molecule has 2 aromatic rings. The average molecular weight is 393 g/mol. The number of carbonyl (C=O) groups is 1. The molecule has 2 aliphatic rings. The lowest BCUT2D eigenvalue weighted by Gasteiger charge is -2.52. The fourth-order valence-electron chi connectivity index (χ4n) is 5.42. The number of amides is 1. The van der Waals surface area contributed by atoms with Gasteiger partial charge in [0.05, 0.1) is 18.1 Å². The van der Waals surface area contributed by atoms with Crippen LogP contribution in [-0.2, 0) is 16.8 Å². The van der Waals surface area contributed by atoms with Crippen LogP contribution in [0.3, 0.4) is 0 Å². The number of aromatic nitrogens is 1. The van der Waals surface area contributed by atoms with Gasteiger partial charge in [-0.05, 0) is 55.7 Å². The van der Waals surface area contributed by atoms with Crippen molar-refractivity contribution >= 4 is 5.91 Å². The van der Waals surface area contributed by atoms with E-state index >= 15 is 0 Å². The van der Waals surface area contributed by atoms with Crippen molar-refractivity contribution in [3.8, 4) is 0 Å². The number of pyridine rings is 1. The molecule has 0 spiro atoms. The summed E-state index contributed by atoms with van der Waals surface area (Å²) in [5.41, 5.74) is 2.01. The Morgan fingerprint density at radius 2 is 1.72 bits per heavy atom. The summed E-state index contributed by atoms with van der Waals surface area (Å²) in [6.45, 7) is 0. The Morgan fingerprint density at radius 3 is 2.38 bits per heavy atom. The minimum atomic E-state index is -0.230. The summed E-state index contributed by atoms with van der Waals surface area (Å²) in [6, 6.07) is 14.7. The maximum atomic E-state index is 13.8. The van der Waals surface area contributed by atoms with Crippen molar-refractivity contribution in [1.82, 2.24) is 9.88 Å².